The summed E-state index contributed by atoms with van der Waals surface area (Å²) in [6.07, 6.45) is -1.88. The van der Waals surface area contributed by atoms with Crippen LogP contribution in [0.1, 0.15) is 24.5 Å². The second-order valence-electron chi connectivity index (χ2n) is 9.24. The van der Waals surface area contributed by atoms with Gasteiger partial charge < -0.3 is 15.0 Å². The summed E-state index contributed by atoms with van der Waals surface area (Å²) < 4.78 is 69.5. The van der Waals surface area contributed by atoms with E-state index >= 15 is 0 Å². The maximum Gasteiger partial charge on any atom is 0.573 e. The van der Waals surface area contributed by atoms with Crippen LogP contribution in [0.25, 0.3) is 0 Å². The molecule has 0 bridgehead atoms. The molecule has 0 saturated carbocycles. The first-order valence-electron chi connectivity index (χ1n) is 12.7. The fourth-order valence-corrected chi connectivity index (χ4v) is 5.91. The number of hydrogen-bond acceptors (Lipinski definition) is 8. The Labute approximate surface area is 234 Å². The van der Waals surface area contributed by atoms with Gasteiger partial charge in [0, 0.05) is 26.2 Å². The number of hydrogen-bond donors (Lipinski definition) is 1. The molecule has 0 aliphatic carbocycles. The predicted molar refractivity (Wildman–Crippen MR) is 137 cm³/mol. The molecule has 1 aliphatic heterocycles. The molecule has 2 aromatic carbocycles. The van der Waals surface area contributed by atoms with Crippen LogP contribution in [-0.2, 0) is 39.1 Å². The molecule has 4 rings (SSSR count). The quantitative estimate of drug-likeness (QED) is 0.374. The molecule has 1 aliphatic rings. The van der Waals surface area contributed by atoms with Gasteiger partial charge in [0.05, 0.1) is 4.90 Å². The molecule has 2 amide bonds. The monoisotopic (exact) mass is 595 g/mol. The Balaban J connectivity index is 1.53. The van der Waals surface area contributed by atoms with Gasteiger partial charge in [-0.3, -0.25) is 9.59 Å². The van der Waals surface area contributed by atoms with Gasteiger partial charge in [-0.15, -0.1) is 23.4 Å². The van der Waals surface area contributed by atoms with E-state index in [0.29, 0.717) is 0 Å². The van der Waals surface area contributed by atoms with Crippen LogP contribution in [0.3, 0.4) is 0 Å². The van der Waals surface area contributed by atoms with Gasteiger partial charge in [-0.05, 0) is 47.0 Å². The van der Waals surface area contributed by atoms with Gasteiger partial charge in [-0.2, -0.15) is 9.10 Å². The summed E-state index contributed by atoms with van der Waals surface area (Å²) >= 11 is 0. The van der Waals surface area contributed by atoms with Crippen LogP contribution in [0.15, 0.2) is 59.8 Å². The Morgan fingerprint density at radius 3 is 2.34 bits per heavy atom. The van der Waals surface area contributed by atoms with Gasteiger partial charge >= 0.3 is 6.36 Å². The van der Waals surface area contributed by atoms with Crippen molar-refractivity contribution in [3.8, 4) is 5.75 Å². The summed E-state index contributed by atoms with van der Waals surface area (Å²) in [5.74, 6) is -1.68. The van der Waals surface area contributed by atoms with Crippen LogP contribution in [-0.4, -0.2) is 81.7 Å². The van der Waals surface area contributed by atoms with Crippen LogP contribution in [0, 0.1) is 0 Å². The molecule has 0 radical (unpaired) electrons. The number of benzene rings is 2. The number of nitrogens with zero attached hydrogens (tertiary/aromatic N) is 6. The average Bonchev–Trinajstić information content (AvgIpc) is 3.45. The Kier molecular flexibility index (Phi) is 9.22. The van der Waals surface area contributed by atoms with Crippen molar-refractivity contribution in [2.45, 2.75) is 50.2 Å². The number of rotatable bonds is 10. The fourth-order valence-electron chi connectivity index (χ4n) is 4.34. The molecule has 1 aromatic heterocycles. The molecule has 1 atom stereocenters. The van der Waals surface area contributed by atoms with Crippen molar-refractivity contribution in [1.82, 2.24) is 34.7 Å². The molecule has 1 fully saturated rings. The predicted octanol–water partition coefficient (Wildman–Crippen LogP) is 1.74. The van der Waals surface area contributed by atoms with Crippen LogP contribution >= 0.6 is 0 Å². The van der Waals surface area contributed by atoms with Gasteiger partial charge in [0.1, 0.15) is 18.3 Å². The second kappa shape index (κ2) is 12.6. The van der Waals surface area contributed by atoms with Crippen molar-refractivity contribution in [3.05, 3.63) is 66.0 Å². The lowest BCUT2D eigenvalue weighted by Gasteiger charge is -2.39. The molecule has 2 heterocycles. The topological polar surface area (TPSA) is 140 Å². The standard InChI is InChI=1S/C25H28F3N7O5S/c1-2-3-18-4-6-19(7-5-18)14-29-24(37)22-15-33(23(36)16-35-31-17-30-32-35)12-13-34(22)41(38,39)21-10-8-20(9-11-21)40-25(26,27)28/h4-11,17,22H,2-3,12-16H2,1H3,(H,29,37)/t22-/m1/s1. The van der Waals surface area contributed by atoms with Crippen LogP contribution in [0.4, 0.5) is 13.2 Å². The molecule has 0 spiro atoms. The molecule has 0 unspecified atom stereocenters. The first-order chi connectivity index (χ1) is 19.5. The number of tetrazole rings is 1. The number of alkyl halides is 3. The highest BCUT2D eigenvalue weighted by Crippen LogP contribution is 2.27. The van der Waals surface area contributed by atoms with Crippen LogP contribution in [0.5, 0.6) is 5.75 Å². The lowest BCUT2D eigenvalue weighted by atomic mass is 10.1. The SMILES string of the molecule is CCCc1ccc(CNC(=O)[C@H]2CN(C(=O)Cn3ncnn3)CCN2S(=O)(=O)c2ccc(OC(F)(F)F)cc2)cc1. The summed E-state index contributed by atoms with van der Waals surface area (Å²) in [5.41, 5.74) is 1.95. The van der Waals surface area contributed by atoms with E-state index in [4.69, 9.17) is 0 Å². The summed E-state index contributed by atoms with van der Waals surface area (Å²) in [4.78, 5) is 28.3. The maximum atomic E-state index is 13.6. The van der Waals surface area contributed by atoms with Crippen molar-refractivity contribution >= 4 is 21.8 Å². The van der Waals surface area contributed by atoms with E-state index in [1.54, 1.807) is 0 Å². The number of ether oxygens (including phenoxy) is 1. The lowest BCUT2D eigenvalue weighted by Crippen LogP contribution is -2.61. The fraction of sp³-hybridized carbons (Fsp3) is 0.400. The van der Waals surface area contributed by atoms with E-state index in [-0.39, 0.29) is 37.6 Å². The summed E-state index contributed by atoms with van der Waals surface area (Å²) in [6, 6.07) is 10.0. The van der Waals surface area contributed by atoms with Gasteiger partial charge in [0.2, 0.25) is 21.8 Å². The van der Waals surface area contributed by atoms with E-state index in [2.05, 4.69) is 32.4 Å². The highest BCUT2D eigenvalue weighted by Gasteiger charge is 2.41. The Bertz CT molecular complexity index is 1430. The smallest absolute Gasteiger partial charge is 0.406 e. The number of aryl methyl sites for hydroxylation is 1. The van der Waals surface area contributed by atoms with Crippen LogP contribution < -0.4 is 10.1 Å². The molecule has 12 nitrogen and oxygen atoms in total. The molecule has 1 saturated heterocycles. The van der Waals surface area contributed by atoms with E-state index in [1.807, 2.05) is 24.3 Å². The van der Waals surface area contributed by atoms with E-state index in [1.165, 1.54) is 4.90 Å². The van der Waals surface area contributed by atoms with Gasteiger partial charge in [0.15, 0.2) is 6.33 Å². The maximum absolute atomic E-state index is 13.6. The number of halogens is 3. The third-order valence-corrected chi connectivity index (χ3v) is 8.27. The van der Waals surface area contributed by atoms with Crippen LogP contribution in [0.2, 0.25) is 0 Å². The third kappa shape index (κ3) is 7.79. The van der Waals surface area contributed by atoms with Gasteiger partial charge in [-0.1, -0.05) is 37.6 Å². The zero-order valence-corrected chi connectivity index (χ0v) is 22.8. The molecule has 1 N–H and O–H groups in total. The van der Waals surface area contributed by atoms with E-state index < -0.39 is 40.0 Å². The largest absolute Gasteiger partial charge is 0.573 e. The molecule has 16 heteroatoms. The Hall–Kier alpha value is -4.05. The lowest BCUT2D eigenvalue weighted by molar-refractivity contribution is -0.274. The Morgan fingerprint density at radius 2 is 1.73 bits per heavy atom. The minimum Gasteiger partial charge on any atom is -0.406 e. The number of amides is 2. The molecule has 41 heavy (non-hydrogen) atoms. The normalized spacial score (nSPS) is 16.4. The van der Waals surface area contributed by atoms with Crippen molar-refractivity contribution in [2.24, 2.45) is 0 Å². The number of nitrogens with one attached hydrogen (secondary N) is 1. The highest BCUT2D eigenvalue weighted by molar-refractivity contribution is 7.89. The molecule has 3 aromatic rings. The van der Waals surface area contributed by atoms with Crippen molar-refractivity contribution in [2.75, 3.05) is 19.6 Å². The average molecular weight is 596 g/mol. The highest BCUT2D eigenvalue weighted by atomic mass is 32.2. The third-order valence-electron chi connectivity index (χ3n) is 6.35. The minimum absolute atomic E-state index is 0.0370. The summed E-state index contributed by atoms with van der Waals surface area (Å²) in [6.45, 7) is 1.40. The minimum atomic E-state index is -4.94. The molecular weight excluding hydrogens is 567 g/mol. The van der Waals surface area contributed by atoms with Gasteiger partial charge in [-0.25, -0.2) is 8.42 Å². The number of carbonyl (C=O) groups is 2. The summed E-state index contributed by atoms with van der Waals surface area (Å²) in [7, 11) is -4.35. The number of piperazine rings is 1. The second-order valence-corrected chi connectivity index (χ2v) is 11.1. The first kappa shape index (κ1) is 29.9. The van der Waals surface area contributed by atoms with Gasteiger partial charge in [0.25, 0.3) is 0 Å². The Morgan fingerprint density at radius 1 is 1.05 bits per heavy atom. The zero-order chi connectivity index (χ0) is 29.6. The first-order valence-corrected chi connectivity index (χ1v) is 14.1. The van der Waals surface area contributed by atoms with Crippen molar-refractivity contribution < 1.29 is 35.9 Å². The number of sulfonamides is 1. The van der Waals surface area contributed by atoms with E-state index in [9.17, 15) is 31.2 Å². The zero-order valence-electron chi connectivity index (χ0n) is 22.0. The molecular formula is C25H28F3N7O5S. The van der Waals surface area contributed by atoms with Crippen molar-refractivity contribution in [3.63, 3.8) is 0 Å². The van der Waals surface area contributed by atoms with Crippen molar-refractivity contribution in [1.29, 1.82) is 0 Å². The molecule has 220 valence electrons. The summed E-state index contributed by atoms with van der Waals surface area (Å²) in [5, 5.41) is 13.7. The van der Waals surface area contributed by atoms with E-state index in [0.717, 1.165) is 63.7 Å². The number of carbonyl (C=O) groups excluding carboxylic acids is 2. The number of aromatic nitrogens is 4.